The van der Waals surface area contributed by atoms with Crippen LogP contribution in [0.3, 0.4) is 0 Å². The first-order valence-electron chi connectivity index (χ1n) is 10.5. The Labute approximate surface area is 179 Å². The van der Waals surface area contributed by atoms with E-state index in [4.69, 9.17) is 0 Å². The zero-order valence-electron chi connectivity index (χ0n) is 16.8. The van der Waals surface area contributed by atoms with Gasteiger partial charge in [0.25, 0.3) is 0 Å². The highest BCUT2D eigenvalue weighted by Gasteiger charge is 2.41. The van der Waals surface area contributed by atoms with E-state index in [1.165, 1.54) is 29.5 Å². The summed E-state index contributed by atoms with van der Waals surface area (Å²) < 4.78 is 42.3. The molecule has 1 aromatic carbocycles. The number of aromatic nitrogens is 1. The number of hydrogen-bond donors (Lipinski definition) is 1. The van der Waals surface area contributed by atoms with E-state index >= 15 is 0 Å². The molecule has 1 aliphatic carbocycles. The van der Waals surface area contributed by atoms with Gasteiger partial charge in [-0.1, -0.05) is 42.1 Å². The molecule has 7 heteroatoms. The number of nitrogens with zero attached hydrogens (tertiary/aromatic N) is 2. The molecule has 0 bridgehead atoms. The molecule has 30 heavy (non-hydrogen) atoms. The highest BCUT2D eigenvalue weighted by Crippen LogP contribution is 2.43. The van der Waals surface area contributed by atoms with Crippen molar-refractivity contribution in [3.63, 3.8) is 0 Å². The second kappa shape index (κ2) is 8.99. The maximum Gasteiger partial charge on any atom is 0.418 e. The van der Waals surface area contributed by atoms with Crippen molar-refractivity contribution >= 4 is 11.8 Å². The number of alkyl halides is 3. The van der Waals surface area contributed by atoms with Gasteiger partial charge in [0.2, 0.25) is 0 Å². The predicted molar refractivity (Wildman–Crippen MR) is 111 cm³/mol. The van der Waals surface area contributed by atoms with E-state index in [9.17, 15) is 18.4 Å². The summed E-state index contributed by atoms with van der Waals surface area (Å²) in [6.07, 6.45) is -0.586. The first-order valence-corrected chi connectivity index (χ1v) is 11.5. The molecule has 0 radical (unpaired) electrons. The van der Waals surface area contributed by atoms with E-state index in [1.807, 2.05) is 36.4 Å². The zero-order valence-corrected chi connectivity index (χ0v) is 17.6. The summed E-state index contributed by atoms with van der Waals surface area (Å²) in [6.45, 7) is 3.14. The van der Waals surface area contributed by atoms with Gasteiger partial charge in [0.05, 0.1) is 30.8 Å². The lowest BCUT2D eigenvalue weighted by molar-refractivity contribution is -0.884. The molecule has 1 saturated heterocycles. The van der Waals surface area contributed by atoms with Crippen molar-refractivity contribution in [2.75, 3.05) is 25.4 Å². The molecule has 0 spiro atoms. The zero-order chi connectivity index (χ0) is 21.1. The fraction of sp³-hybridized carbons (Fsp3) is 0.478. The molecular weight excluding hydrogens is 407 g/mol. The third-order valence-corrected chi connectivity index (χ3v) is 7.18. The van der Waals surface area contributed by atoms with Crippen molar-refractivity contribution in [1.29, 1.82) is 5.26 Å². The lowest BCUT2D eigenvalue weighted by Crippen LogP contribution is -3.10. The van der Waals surface area contributed by atoms with E-state index in [1.54, 1.807) is 0 Å². The number of pyridine rings is 1. The molecule has 0 amide bonds. The molecule has 1 atom stereocenters. The van der Waals surface area contributed by atoms with Gasteiger partial charge in [0.1, 0.15) is 11.1 Å². The number of quaternary nitrogens is 1. The van der Waals surface area contributed by atoms with E-state index in [0.29, 0.717) is 17.9 Å². The largest absolute Gasteiger partial charge is 0.418 e. The molecule has 3 nitrogen and oxygen atoms in total. The molecule has 2 heterocycles. The SMILES string of the molecule is N#Cc1c(SCC[NH+]2CCCC2)nc2c(c1C(F)(F)F)C[C@@H](c1ccccc1)CC2. The number of thioether (sulfide) groups is 1. The Bertz CT molecular complexity index is 931. The van der Waals surface area contributed by atoms with Crippen LogP contribution in [0.5, 0.6) is 0 Å². The molecular formula is C23H25F3N3S+. The monoisotopic (exact) mass is 432 g/mol. The minimum absolute atomic E-state index is 0.0189. The van der Waals surface area contributed by atoms with E-state index in [0.717, 1.165) is 31.6 Å². The Morgan fingerprint density at radius 3 is 2.57 bits per heavy atom. The number of benzene rings is 1. The second-order valence-corrected chi connectivity index (χ2v) is 9.19. The normalized spacial score (nSPS) is 19.5. The summed E-state index contributed by atoms with van der Waals surface area (Å²) in [5.74, 6) is 0.699. The topological polar surface area (TPSA) is 41.1 Å². The van der Waals surface area contributed by atoms with Crippen LogP contribution in [0.2, 0.25) is 0 Å². The minimum Gasteiger partial charge on any atom is -0.334 e. The van der Waals surface area contributed by atoms with Gasteiger partial charge in [0.15, 0.2) is 0 Å². The van der Waals surface area contributed by atoms with Crippen LogP contribution in [0.15, 0.2) is 35.4 Å². The highest BCUT2D eigenvalue weighted by molar-refractivity contribution is 7.99. The Balaban J connectivity index is 1.65. The highest BCUT2D eigenvalue weighted by atomic mass is 32.2. The second-order valence-electron chi connectivity index (χ2n) is 8.11. The summed E-state index contributed by atoms with van der Waals surface area (Å²) in [5.41, 5.74) is 0.725. The van der Waals surface area contributed by atoms with Crippen molar-refractivity contribution in [1.82, 2.24) is 4.98 Å². The molecule has 1 aliphatic heterocycles. The standard InChI is InChI=1S/C23H24F3N3S/c24-23(25,26)21-18-14-17(16-6-2-1-3-7-16)8-9-20(18)28-22(19(21)15-27)30-13-12-29-10-4-5-11-29/h1-3,6-7,17H,4-5,8-14H2/p+1/t17-/m0/s1. The van der Waals surface area contributed by atoms with Gasteiger partial charge in [-0.3, -0.25) is 0 Å². The van der Waals surface area contributed by atoms with E-state index in [2.05, 4.69) is 4.98 Å². The molecule has 2 aromatic rings. The number of nitriles is 1. The maximum absolute atomic E-state index is 14.1. The van der Waals surface area contributed by atoms with Crippen LogP contribution in [0, 0.1) is 11.3 Å². The maximum atomic E-state index is 14.1. The molecule has 2 aliphatic rings. The van der Waals surface area contributed by atoms with Gasteiger partial charge in [-0.25, -0.2) is 4.98 Å². The van der Waals surface area contributed by atoms with Crippen LogP contribution < -0.4 is 4.90 Å². The number of likely N-dealkylation sites (tertiary alicyclic amines) is 1. The molecule has 1 fully saturated rings. The summed E-state index contributed by atoms with van der Waals surface area (Å²) >= 11 is 1.30. The Hall–Kier alpha value is -2.04. The van der Waals surface area contributed by atoms with Crippen LogP contribution in [-0.4, -0.2) is 30.4 Å². The van der Waals surface area contributed by atoms with Crippen LogP contribution >= 0.6 is 11.8 Å². The fourth-order valence-electron chi connectivity index (χ4n) is 4.68. The lowest BCUT2D eigenvalue weighted by Gasteiger charge is -2.28. The number of hydrogen-bond acceptors (Lipinski definition) is 3. The fourth-order valence-corrected chi connectivity index (χ4v) is 5.73. The minimum atomic E-state index is -4.56. The third kappa shape index (κ3) is 4.50. The number of halogens is 3. The van der Waals surface area contributed by atoms with Crippen molar-refractivity contribution < 1.29 is 18.1 Å². The van der Waals surface area contributed by atoms with Crippen molar-refractivity contribution in [3.05, 3.63) is 58.3 Å². The number of nitrogens with one attached hydrogen (secondary N) is 1. The summed E-state index contributed by atoms with van der Waals surface area (Å²) in [6, 6.07) is 11.5. The van der Waals surface area contributed by atoms with Crippen molar-refractivity contribution in [2.45, 2.75) is 49.2 Å². The molecule has 4 rings (SSSR count). The molecule has 0 unspecified atom stereocenters. The number of aryl methyl sites for hydroxylation is 1. The van der Waals surface area contributed by atoms with Gasteiger partial charge in [0, 0.05) is 24.3 Å². The predicted octanol–water partition coefficient (Wildman–Crippen LogP) is 4.02. The Morgan fingerprint density at radius 1 is 1.17 bits per heavy atom. The smallest absolute Gasteiger partial charge is 0.334 e. The summed E-state index contributed by atoms with van der Waals surface area (Å²) in [4.78, 5) is 6.07. The summed E-state index contributed by atoms with van der Waals surface area (Å²) in [7, 11) is 0. The first-order chi connectivity index (χ1) is 14.5. The summed E-state index contributed by atoms with van der Waals surface area (Å²) in [5, 5.41) is 9.90. The van der Waals surface area contributed by atoms with Gasteiger partial charge in [-0.15, -0.1) is 0 Å². The van der Waals surface area contributed by atoms with Gasteiger partial charge < -0.3 is 4.90 Å². The number of rotatable bonds is 5. The molecule has 1 aromatic heterocycles. The Kier molecular flexibility index (Phi) is 6.35. The van der Waals surface area contributed by atoms with Crippen LogP contribution in [0.1, 0.15) is 53.1 Å². The quantitative estimate of drug-likeness (QED) is 0.726. The van der Waals surface area contributed by atoms with Crippen molar-refractivity contribution in [3.8, 4) is 6.07 Å². The van der Waals surface area contributed by atoms with Crippen LogP contribution in [-0.2, 0) is 19.0 Å². The first kappa shape index (κ1) is 21.2. The third-order valence-electron chi connectivity index (χ3n) is 6.20. The van der Waals surface area contributed by atoms with E-state index < -0.39 is 11.7 Å². The average molecular weight is 433 g/mol. The Morgan fingerprint density at radius 2 is 1.90 bits per heavy atom. The van der Waals surface area contributed by atoms with Crippen LogP contribution in [0.25, 0.3) is 0 Å². The molecule has 0 saturated carbocycles. The lowest BCUT2D eigenvalue weighted by atomic mass is 9.79. The van der Waals surface area contributed by atoms with Crippen molar-refractivity contribution in [2.24, 2.45) is 0 Å². The molecule has 158 valence electrons. The van der Waals surface area contributed by atoms with Crippen LogP contribution in [0.4, 0.5) is 13.2 Å². The van der Waals surface area contributed by atoms with Gasteiger partial charge in [-0.2, -0.15) is 18.4 Å². The van der Waals surface area contributed by atoms with E-state index in [-0.39, 0.29) is 28.5 Å². The van der Waals surface area contributed by atoms with Gasteiger partial charge in [-0.05, 0) is 36.3 Å². The number of fused-ring (bicyclic) bond motifs is 1. The molecule has 1 N–H and O–H groups in total. The average Bonchev–Trinajstić information content (AvgIpc) is 3.26. The van der Waals surface area contributed by atoms with Gasteiger partial charge >= 0.3 is 6.18 Å².